The number of hydrogen-bond acceptors (Lipinski definition) is 4. The Hall–Kier alpha value is -2.89. The van der Waals surface area contributed by atoms with Crippen molar-refractivity contribution in [2.75, 3.05) is 11.9 Å². The highest BCUT2D eigenvalue weighted by Gasteiger charge is 2.12. The molecule has 0 saturated carbocycles. The number of amides is 1. The van der Waals surface area contributed by atoms with Crippen LogP contribution in [0.25, 0.3) is 0 Å². The quantitative estimate of drug-likeness (QED) is 0.874. The fraction of sp³-hybridized carbons (Fsp3) is 0.188. The van der Waals surface area contributed by atoms with Gasteiger partial charge in [0.2, 0.25) is 0 Å². The maximum atomic E-state index is 12.1. The lowest BCUT2D eigenvalue weighted by Crippen LogP contribution is -2.27. The highest BCUT2D eigenvalue weighted by atomic mass is 16.5. The van der Waals surface area contributed by atoms with Crippen molar-refractivity contribution in [3.05, 3.63) is 64.1 Å². The predicted molar refractivity (Wildman–Crippen MR) is 82.0 cm³/mol. The lowest BCUT2D eigenvalue weighted by molar-refractivity contribution is 0.0526. The fourth-order valence-corrected chi connectivity index (χ4v) is 1.87. The molecule has 0 spiro atoms. The standard InChI is InChI=1S/C16H16N2O4/c1-3-22-16(21)11-6-8-12(9-7-11)17-14(19)13-5-4-10-18(2)15(13)20/h4-10H,3H2,1-2H3,(H,17,19). The lowest BCUT2D eigenvalue weighted by Gasteiger charge is -2.07. The number of esters is 1. The minimum absolute atomic E-state index is 0.0551. The Balaban J connectivity index is 2.14. The third-order valence-electron chi connectivity index (χ3n) is 3.02. The number of hydrogen-bond donors (Lipinski definition) is 1. The van der Waals surface area contributed by atoms with Crippen LogP contribution in [0.3, 0.4) is 0 Å². The number of ether oxygens (including phenoxy) is 1. The summed E-state index contributed by atoms with van der Waals surface area (Å²) in [6.07, 6.45) is 1.58. The van der Waals surface area contributed by atoms with Crippen LogP contribution in [0.5, 0.6) is 0 Å². The third-order valence-corrected chi connectivity index (χ3v) is 3.02. The number of aryl methyl sites for hydroxylation is 1. The number of nitrogens with one attached hydrogen (secondary N) is 1. The fourth-order valence-electron chi connectivity index (χ4n) is 1.87. The van der Waals surface area contributed by atoms with Crippen LogP contribution in [-0.2, 0) is 11.8 Å². The molecule has 0 aliphatic carbocycles. The number of aromatic nitrogens is 1. The van der Waals surface area contributed by atoms with E-state index >= 15 is 0 Å². The molecule has 0 bridgehead atoms. The van der Waals surface area contributed by atoms with Crippen LogP contribution in [-0.4, -0.2) is 23.1 Å². The first kappa shape index (κ1) is 15.5. The van der Waals surface area contributed by atoms with E-state index in [1.807, 2.05) is 0 Å². The van der Waals surface area contributed by atoms with Gasteiger partial charge < -0.3 is 14.6 Å². The largest absolute Gasteiger partial charge is 0.462 e. The van der Waals surface area contributed by atoms with Gasteiger partial charge in [0.1, 0.15) is 5.56 Å². The smallest absolute Gasteiger partial charge is 0.338 e. The minimum atomic E-state index is -0.495. The van der Waals surface area contributed by atoms with Gasteiger partial charge in [0, 0.05) is 18.9 Å². The molecule has 0 fully saturated rings. The molecule has 0 atom stereocenters. The Kier molecular flexibility index (Phi) is 4.73. The maximum Gasteiger partial charge on any atom is 0.338 e. The molecule has 22 heavy (non-hydrogen) atoms. The molecular formula is C16H16N2O4. The summed E-state index contributed by atoms with van der Waals surface area (Å²) in [5.41, 5.74) is 0.571. The van der Waals surface area contributed by atoms with Crippen LogP contribution in [0.2, 0.25) is 0 Å². The number of pyridine rings is 1. The van der Waals surface area contributed by atoms with Crippen LogP contribution >= 0.6 is 0 Å². The average Bonchev–Trinajstić information content (AvgIpc) is 2.51. The monoisotopic (exact) mass is 300 g/mol. The van der Waals surface area contributed by atoms with Gasteiger partial charge in [-0.05, 0) is 43.3 Å². The van der Waals surface area contributed by atoms with E-state index in [9.17, 15) is 14.4 Å². The summed E-state index contributed by atoms with van der Waals surface area (Å²) in [6, 6.07) is 9.35. The van der Waals surface area contributed by atoms with Crippen molar-refractivity contribution in [3.8, 4) is 0 Å². The Labute approximate surface area is 127 Å². The second-order valence-corrected chi connectivity index (χ2v) is 4.59. The van der Waals surface area contributed by atoms with Crippen LogP contribution < -0.4 is 10.9 Å². The summed E-state index contributed by atoms with van der Waals surface area (Å²) in [6.45, 7) is 2.03. The van der Waals surface area contributed by atoms with Crippen LogP contribution in [0.4, 0.5) is 5.69 Å². The number of nitrogens with zero attached hydrogens (tertiary/aromatic N) is 1. The normalized spacial score (nSPS) is 10.1. The Morgan fingerprint density at radius 1 is 1.18 bits per heavy atom. The first-order chi connectivity index (χ1) is 10.5. The molecule has 6 heteroatoms. The van der Waals surface area contributed by atoms with Crippen molar-refractivity contribution in [1.82, 2.24) is 4.57 Å². The molecule has 1 N–H and O–H groups in total. The van der Waals surface area contributed by atoms with E-state index in [2.05, 4.69) is 5.32 Å². The first-order valence-corrected chi connectivity index (χ1v) is 6.77. The summed E-state index contributed by atoms with van der Waals surface area (Å²) in [5, 5.41) is 2.62. The summed E-state index contributed by atoms with van der Waals surface area (Å²) < 4.78 is 6.21. The van der Waals surface area contributed by atoms with Gasteiger partial charge in [0.05, 0.1) is 12.2 Å². The summed E-state index contributed by atoms with van der Waals surface area (Å²) in [7, 11) is 1.58. The molecule has 1 heterocycles. The Bertz CT molecular complexity index is 747. The molecule has 0 aliphatic rings. The number of rotatable bonds is 4. The van der Waals surface area contributed by atoms with E-state index in [1.54, 1.807) is 50.5 Å². The molecule has 2 rings (SSSR count). The highest BCUT2D eigenvalue weighted by molar-refractivity contribution is 6.04. The maximum absolute atomic E-state index is 12.1. The molecule has 1 aromatic heterocycles. The Morgan fingerprint density at radius 3 is 2.50 bits per heavy atom. The van der Waals surface area contributed by atoms with Crippen LogP contribution in [0.15, 0.2) is 47.4 Å². The summed E-state index contributed by atoms with van der Waals surface area (Å²) in [5.74, 6) is -0.914. The Morgan fingerprint density at radius 2 is 1.86 bits per heavy atom. The van der Waals surface area contributed by atoms with Gasteiger partial charge in [-0.1, -0.05) is 0 Å². The number of carbonyl (C=O) groups is 2. The van der Waals surface area contributed by atoms with Gasteiger partial charge in [-0.15, -0.1) is 0 Å². The SMILES string of the molecule is CCOC(=O)c1ccc(NC(=O)c2cccn(C)c2=O)cc1. The number of carbonyl (C=O) groups excluding carboxylic acids is 2. The van der Waals surface area contributed by atoms with Crippen LogP contribution in [0.1, 0.15) is 27.6 Å². The van der Waals surface area contributed by atoms with Crippen molar-refractivity contribution in [2.24, 2.45) is 7.05 Å². The van der Waals surface area contributed by atoms with Gasteiger partial charge in [0.25, 0.3) is 11.5 Å². The van der Waals surface area contributed by atoms with E-state index in [-0.39, 0.29) is 11.1 Å². The van der Waals surface area contributed by atoms with Gasteiger partial charge in [0.15, 0.2) is 0 Å². The van der Waals surface area contributed by atoms with Gasteiger partial charge in [-0.2, -0.15) is 0 Å². The molecule has 0 radical (unpaired) electrons. The zero-order valence-electron chi connectivity index (χ0n) is 12.3. The molecule has 0 saturated heterocycles. The first-order valence-electron chi connectivity index (χ1n) is 6.77. The van der Waals surface area contributed by atoms with Gasteiger partial charge >= 0.3 is 5.97 Å². The zero-order valence-corrected chi connectivity index (χ0v) is 12.3. The third kappa shape index (κ3) is 3.41. The van der Waals surface area contributed by atoms with Crippen LogP contribution in [0, 0.1) is 0 Å². The van der Waals surface area contributed by atoms with E-state index in [0.717, 1.165) is 0 Å². The van der Waals surface area contributed by atoms with Crippen molar-refractivity contribution in [1.29, 1.82) is 0 Å². The number of anilines is 1. The topological polar surface area (TPSA) is 77.4 Å². The number of benzene rings is 1. The van der Waals surface area contributed by atoms with Gasteiger partial charge in [-0.25, -0.2) is 4.79 Å². The second kappa shape index (κ2) is 6.71. The molecule has 0 unspecified atom stereocenters. The molecule has 114 valence electrons. The lowest BCUT2D eigenvalue weighted by atomic mass is 10.2. The van der Waals surface area contributed by atoms with E-state index in [1.165, 1.54) is 10.6 Å². The van der Waals surface area contributed by atoms with E-state index in [4.69, 9.17) is 4.74 Å². The molecule has 0 aliphatic heterocycles. The predicted octanol–water partition coefficient (Wildman–Crippen LogP) is 1.81. The van der Waals surface area contributed by atoms with Crippen molar-refractivity contribution in [2.45, 2.75) is 6.92 Å². The van der Waals surface area contributed by atoms with Crippen molar-refractivity contribution >= 4 is 17.6 Å². The summed E-state index contributed by atoms with van der Waals surface area (Å²) >= 11 is 0. The average molecular weight is 300 g/mol. The molecule has 1 amide bonds. The highest BCUT2D eigenvalue weighted by Crippen LogP contribution is 2.11. The van der Waals surface area contributed by atoms with E-state index < -0.39 is 11.9 Å². The van der Waals surface area contributed by atoms with Crippen molar-refractivity contribution < 1.29 is 14.3 Å². The molecule has 1 aromatic carbocycles. The molecule has 6 nitrogen and oxygen atoms in total. The zero-order chi connectivity index (χ0) is 16.1. The second-order valence-electron chi connectivity index (χ2n) is 4.59. The minimum Gasteiger partial charge on any atom is -0.462 e. The molecule has 2 aromatic rings. The van der Waals surface area contributed by atoms with Gasteiger partial charge in [-0.3, -0.25) is 9.59 Å². The molecular weight excluding hydrogens is 284 g/mol. The summed E-state index contributed by atoms with van der Waals surface area (Å²) in [4.78, 5) is 35.5. The van der Waals surface area contributed by atoms with Crippen molar-refractivity contribution in [3.63, 3.8) is 0 Å². The van der Waals surface area contributed by atoms with E-state index in [0.29, 0.717) is 17.9 Å².